The van der Waals surface area contributed by atoms with Crippen LogP contribution in [0.25, 0.3) is 0 Å². The zero-order chi connectivity index (χ0) is 16.9. The van der Waals surface area contributed by atoms with Crippen LogP contribution >= 0.6 is 12.2 Å². The summed E-state index contributed by atoms with van der Waals surface area (Å²) in [5.74, 6) is 1.18. The topological polar surface area (TPSA) is 70.0 Å². The van der Waals surface area contributed by atoms with Crippen molar-refractivity contribution in [3.8, 4) is 0 Å². The summed E-state index contributed by atoms with van der Waals surface area (Å²) in [6, 6.07) is 10.6. The molecular weight excluding hydrogens is 329 g/mol. The average Bonchev–Trinajstić information content (AvgIpc) is 3.04. The second-order valence-corrected chi connectivity index (χ2v) is 5.78. The molecule has 0 atom stereocenters. The van der Waals surface area contributed by atoms with E-state index in [4.69, 9.17) is 10.2 Å². The van der Waals surface area contributed by atoms with Gasteiger partial charge in [0.1, 0.15) is 11.6 Å². The second-order valence-electron chi connectivity index (χ2n) is 5.34. The number of thiocarbonyl (C=S) groups is 1. The van der Waals surface area contributed by atoms with Gasteiger partial charge in [0.05, 0.1) is 11.9 Å². The zero-order valence-corrected chi connectivity index (χ0v) is 13.8. The number of piperazine rings is 1. The fourth-order valence-corrected chi connectivity index (χ4v) is 2.67. The van der Waals surface area contributed by atoms with Gasteiger partial charge < -0.3 is 20.0 Å². The van der Waals surface area contributed by atoms with Crippen molar-refractivity contribution in [1.82, 2.24) is 5.43 Å². The molecule has 0 aliphatic carbocycles. The molecule has 1 saturated heterocycles. The molecule has 0 spiro atoms. The fraction of sp³-hybridized carbons (Fsp3) is 0.250. The Morgan fingerprint density at radius 1 is 1.17 bits per heavy atom. The summed E-state index contributed by atoms with van der Waals surface area (Å²) in [6.45, 7) is 2.97. The Balaban J connectivity index is 1.59. The molecule has 1 fully saturated rings. The van der Waals surface area contributed by atoms with Crippen molar-refractivity contribution in [2.45, 2.75) is 0 Å². The third-order valence-electron chi connectivity index (χ3n) is 3.76. The highest BCUT2D eigenvalue weighted by molar-refractivity contribution is 7.80. The Kier molecular flexibility index (Phi) is 4.95. The average molecular weight is 347 g/mol. The summed E-state index contributed by atoms with van der Waals surface area (Å²) < 4.78 is 19.6. The Morgan fingerprint density at radius 2 is 1.88 bits per heavy atom. The van der Waals surface area contributed by atoms with Crippen molar-refractivity contribution in [1.29, 1.82) is 0 Å². The van der Waals surface area contributed by atoms with Crippen LogP contribution in [0, 0.1) is 5.82 Å². The fourth-order valence-electron chi connectivity index (χ4n) is 2.62. The molecule has 126 valence electrons. The monoisotopic (exact) mass is 347 g/mol. The van der Waals surface area contributed by atoms with Gasteiger partial charge in [-0.3, -0.25) is 5.43 Å². The first-order chi connectivity index (χ1) is 11.6. The third kappa shape index (κ3) is 3.83. The second kappa shape index (κ2) is 7.31. The largest absolute Gasteiger partial charge is 0.440 e. The number of benzene rings is 1. The van der Waals surface area contributed by atoms with Gasteiger partial charge in [0.25, 0.3) is 0 Å². The molecule has 2 aromatic rings. The van der Waals surface area contributed by atoms with Crippen LogP contribution in [-0.4, -0.2) is 37.5 Å². The first kappa shape index (κ1) is 16.3. The quantitative estimate of drug-likeness (QED) is 0.500. The van der Waals surface area contributed by atoms with Gasteiger partial charge >= 0.3 is 0 Å². The van der Waals surface area contributed by atoms with E-state index >= 15 is 0 Å². The van der Waals surface area contributed by atoms with Gasteiger partial charge in [0, 0.05) is 32.2 Å². The first-order valence-corrected chi connectivity index (χ1v) is 7.97. The molecule has 0 unspecified atom stereocenters. The van der Waals surface area contributed by atoms with Gasteiger partial charge in [-0.25, -0.2) is 4.39 Å². The van der Waals surface area contributed by atoms with Crippen LogP contribution in [-0.2, 0) is 0 Å². The molecule has 2 heterocycles. The lowest BCUT2D eigenvalue weighted by atomic mass is 10.2. The predicted molar refractivity (Wildman–Crippen MR) is 97.0 cm³/mol. The van der Waals surface area contributed by atoms with E-state index in [2.05, 4.69) is 27.6 Å². The summed E-state index contributed by atoms with van der Waals surface area (Å²) in [5, 5.41) is 3.96. The molecule has 8 heteroatoms. The van der Waals surface area contributed by atoms with Crippen LogP contribution in [0.2, 0.25) is 0 Å². The number of hydrazone groups is 1. The van der Waals surface area contributed by atoms with Gasteiger partial charge in [-0.05, 0) is 30.4 Å². The minimum Gasteiger partial charge on any atom is -0.440 e. The van der Waals surface area contributed by atoms with Crippen molar-refractivity contribution in [3.05, 3.63) is 48.0 Å². The van der Waals surface area contributed by atoms with Crippen LogP contribution in [0.15, 0.2) is 45.9 Å². The number of anilines is 2. The van der Waals surface area contributed by atoms with Crippen molar-refractivity contribution in [2.24, 2.45) is 10.8 Å². The smallest absolute Gasteiger partial charge is 0.196 e. The van der Waals surface area contributed by atoms with Crippen molar-refractivity contribution < 1.29 is 8.81 Å². The molecule has 1 aliphatic heterocycles. The van der Waals surface area contributed by atoms with Gasteiger partial charge in [0.2, 0.25) is 0 Å². The lowest BCUT2D eigenvalue weighted by molar-refractivity contribution is 0.518. The number of hydrogen-bond acceptors (Lipinski definition) is 5. The predicted octanol–water partition coefficient (Wildman–Crippen LogP) is 1.91. The SMILES string of the molecule is NC(=S)NN=Cc1ccc(N2CCN(c3ccccc3F)CC2)o1. The molecule has 3 N–H and O–H groups in total. The van der Waals surface area contributed by atoms with Crippen LogP contribution < -0.4 is 21.0 Å². The van der Waals surface area contributed by atoms with Crippen molar-refractivity contribution >= 4 is 35.1 Å². The molecule has 3 rings (SSSR count). The number of halogens is 1. The number of rotatable bonds is 4. The van der Waals surface area contributed by atoms with Crippen molar-refractivity contribution in [3.63, 3.8) is 0 Å². The number of nitrogens with two attached hydrogens (primary N) is 1. The minimum absolute atomic E-state index is 0.0993. The standard InChI is InChI=1S/C16H18FN5OS/c17-13-3-1-2-4-14(13)21-7-9-22(10-8-21)15-6-5-12(23-15)11-19-20-16(18)24/h1-6,11H,7-10H2,(H3,18,20,24). The van der Waals surface area contributed by atoms with E-state index in [0.29, 0.717) is 11.4 Å². The van der Waals surface area contributed by atoms with Gasteiger partial charge in [-0.2, -0.15) is 5.10 Å². The van der Waals surface area contributed by atoms with E-state index in [1.54, 1.807) is 12.1 Å². The summed E-state index contributed by atoms with van der Waals surface area (Å²) in [5.41, 5.74) is 8.41. The van der Waals surface area contributed by atoms with E-state index in [9.17, 15) is 4.39 Å². The third-order valence-corrected chi connectivity index (χ3v) is 3.85. The highest BCUT2D eigenvalue weighted by Crippen LogP contribution is 2.23. The van der Waals surface area contributed by atoms with Crippen LogP contribution in [0.5, 0.6) is 0 Å². The van der Waals surface area contributed by atoms with E-state index in [1.165, 1.54) is 12.3 Å². The molecule has 1 aliphatic rings. The number of para-hydroxylation sites is 1. The highest BCUT2D eigenvalue weighted by atomic mass is 32.1. The molecule has 1 aromatic carbocycles. The highest BCUT2D eigenvalue weighted by Gasteiger charge is 2.21. The zero-order valence-electron chi connectivity index (χ0n) is 13.0. The Hall–Kier alpha value is -2.61. The molecule has 0 bridgehead atoms. The minimum atomic E-state index is -0.187. The molecule has 6 nitrogen and oxygen atoms in total. The summed E-state index contributed by atoms with van der Waals surface area (Å²) in [4.78, 5) is 4.17. The maximum Gasteiger partial charge on any atom is 0.196 e. The molecule has 1 aromatic heterocycles. The molecule has 24 heavy (non-hydrogen) atoms. The number of nitrogens with one attached hydrogen (secondary N) is 1. The van der Waals surface area contributed by atoms with Crippen molar-refractivity contribution in [2.75, 3.05) is 36.0 Å². The van der Waals surface area contributed by atoms with E-state index in [1.807, 2.05) is 23.1 Å². The number of nitrogens with zero attached hydrogens (tertiary/aromatic N) is 3. The lowest BCUT2D eigenvalue weighted by Gasteiger charge is -2.36. The van der Waals surface area contributed by atoms with Crippen LogP contribution in [0.4, 0.5) is 16.0 Å². The van der Waals surface area contributed by atoms with E-state index < -0.39 is 0 Å². The number of furan rings is 1. The van der Waals surface area contributed by atoms with Gasteiger partial charge in [-0.15, -0.1) is 0 Å². The first-order valence-electron chi connectivity index (χ1n) is 7.56. The Labute approximate surface area is 144 Å². The molecular formula is C16H18FN5OS. The number of hydrogen-bond donors (Lipinski definition) is 2. The van der Waals surface area contributed by atoms with E-state index in [0.717, 1.165) is 32.1 Å². The maximum absolute atomic E-state index is 13.9. The Bertz CT molecular complexity index is 740. The van der Waals surface area contributed by atoms with Gasteiger partial charge in [-0.1, -0.05) is 12.1 Å². The van der Waals surface area contributed by atoms with Gasteiger partial charge in [0.15, 0.2) is 11.0 Å². The normalized spacial score (nSPS) is 15.0. The van der Waals surface area contributed by atoms with Crippen LogP contribution in [0.1, 0.15) is 5.76 Å². The summed E-state index contributed by atoms with van der Waals surface area (Å²) in [7, 11) is 0. The Morgan fingerprint density at radius 3 is 2.58 bits per heavy atom. The molecule has 0 saturated carbocycles. The maximum atomic E-state index is 13.9. The molecule has 0 amide bonds. The van der Waals surface area contributed by atoms with E-state index in [-0.39, 0.29) is 10.9 Å². The molecule has 0 radical (unpaired) electrons. The lowest BCUT2D eigenvalue weighted by Crippen LogP contribution is -2.46. The summed E-state index contributed by atoms with van der Waals surface area (Å²) in [6.07, 6.45) is 1.51. The summed E-state index contributed by atoms with van der Waals surface area (Å²) >= 11 is 4.66. The van der Waals surface area contributed by atoms with Crippen LogP contribution in [0.3, 0.4) is 0 Å².